The van der Waals surface area contributed by atoms with E-state index in [1.54, 1.807) is 6.92 Å². The number of halogens is 3. The third-order valence-electron chi connectivity index (χ3n) is 1.45. The van der Waals surface area contributed by atoms with Crippen molar-refractivity contribution >= 4 is 33.2 Å². The maximum absolute atomic E-state index is 13.0. The molecule has 0 amide bonds. The van der Waals surface area contributed by atoms with Crippen molar-refractivity contribution in [1.29, 1.82) is 0 Å². The Bertz CT molecular complexity index is 275. The van der Waals surface area contributed by atoms with Crippen LogP contribution < -0.4 is 5.73 Å². The number of anilines is 1. The van der Waals surface area contributed by atoms with Crippen molar-refractivity contribution in [2.75, 3.05) is 5.73 Å². The van der Waals surface area contributed by atoms with Crippen LogP contribution in [0, 0.1) is 12.7 Å². The molecule has 0 spiro atoms. The van der Waals surface area contributed by atoms with Crippen molar-refractivity contribution in [2.24, 2.45) is 0 Å². The predicted octanol–water partition coefficient (Wildman–Crippen LogP) is 3.13. The van der Waals surface area contributed by atoms with Crippen LogP contribution in [0.1, 0.15) is 5.56 Å². The minimum atomic E-state index is -0.355. The van der Waals surface area contributed by atoms with Crippen LogP contribution in [0.4, 0.5) is 10.1 Å². The molecular weight excluding hydrogens is 232 g/mol. The lowest BCUT2D eigenvalue weighted by molar-refractivity contribution is 0.613. The zero-order chi connectivity index (χ0) is 8.59. The molecule has 0 saturated heterocycles. The van der Waals surface area contributed by atoms with Gasteiger partial charge in [-0.15, -0.1) is 0 Å². The van der Waals surface area contributed by atoms with E-state index in [4.69, 9.17) is 17.3 Å². The molecule has 0 heterocycles. The van der Waals surface area contributed by atoms with Crippen molar-refractivity contribution in [3.8, 4) is 0 Å². The third kappa shape index (κ3) is 1.49. The summed E-state index contributed by atoms with van der Waals surface area (Å²) in [5.41, 5.74) is 6.14. The number of nitrogen functional groups attached to an aromatic ring is 1. The van der Waals surface area contributed by atoms with E-state index < -0.39 is 0 Å². The van der Waals surface area contributed by atoms with Crippen molar-refractivity contribution in [2.45, 2.75) is 6.92 Å². The molecule has 0 aliphatic rings. The van der Waals surface area contributed by atoms with Crippen LogP contribution in [0.25, 0.3) is 0 Å². The fraction of sp³-hybridized carbons (Fsp3) is 0.143. The monoisotopic (exact) mass is 237 g/mol. The minimum absolute atomic E-state index is 0.298. The van der Waals surface area contributed by atoms with Gasteiger partial charge in [0.1, 0.15) is 5.82 Å². The van der Waals surface area contributed by atoms with E-state index in [1.807, 2.05) is 0 Å². The molecule has 0 aliphatic carbocycles. The van der Waals surface area contributed by atoms with Gasteiger partial charge in [0, 0.05) is 5.56 Å². The van der Waals surface area contributed by atoms with E-state index in [2.05, 4.69) is 15.9 Å². The molecule has 1 aromatic carbocycles. The maximum atomic E-state index is 13.0. The minimum Gasteiger partial charge on any atom is -0.397 e. The molecule has 0 bridgehead atoms. The lowest BCUT2D eigenvalue weighted by atomic mass is 10.2. The highest BCUT2D eigenvalue weighted by molar-refractivity contribution is 9.10. The van der Waals surface area contributed by atoms with Gasteiger partial charge in [-0.1, -0.05) is 11.6 Å². The van der Waals surface area contributed by atoms with Gasteiger partial charge in [0.05, 0.1) is 15.2 Å². The molecule has 0 radical (unpaired) electrons. The molecule has 2 N–H and O–H groups in total. The molecule has 11 heavy (non-hydrogen) atoms. The van der Waals surface area contributed by atoms with Gasteiger partial charge >= 0.3 is 0 Å². The Hall–Kier alpha value is -0.280. The van der Waals surface area contributed by atoms with Crippen LogP contribution in [-0.4, -0.2) is 0 Å². The van der Waals surface area contributed by atoms with E-state index in [1.165, 1.54) is 6.07 Å². The molecule has 0 fully saturated rings. The lowest BCUT2D eigenvalue weighted by Gasteiger charge is -2.04. The number of hydrogen-bond donors (Lipinski definition) is 1. The van der Waals surface area contributed by atoms with Gasteiger partial charge in [0.25, 0.3) is 0 Å². The highest BCUT2D eigenvalue weighted by Gasteiger charge is 2.09. The summed E-state index contributed by atoms with van der Waals surface area (Å²) < 4.78 is 13.3. The van der Waals surface area contributed by atoms with Crippen LogP contribution in [-0.2, 0) is 0 Å². The van der Waals surface area contributed by atoms with Crippen molar-refractivity contribution in [3.05, 3.63) is 26.9 Å². The molecule has 1 rings (SSSR count). The Morgan fingerprint density at radius 3 is 2.73 bits per heavy atom. The molecule has 1 nitrogen and oxygen atoms in total. The summed E-state index contributed by atoms with van der Waals surface area (Å²) in [5, 5.41) is 0.371. The molecule has 0 unspecified atom stereocenters. The number of rotatable bonds is 0. The Balaban J connectivity index is 3.46. The average molecular weight is 238 g/mol. The molecule has 0 aliphatic heterocycles. The molecule has 60 valence electrons. The summed E-state index contributed by atoms with van der Waals surface area (Å²) in [6.45, 7) is 1.58. The molecule has 0 atom stereocenters. The van der Waals surface area contributed by atoms with E-state index >= 15 is 0 Å². The van der Waals surface area contributed by atoms with E-state index in [0.29, 0.717) is 20.7 Å². The quantitative estimate of drug-likeness (QED) is 0.545. The van der Waals surface area contributed by atoms with Gasteiger partial charge < -0.3 is 5.73 Å². The van der Waals surface area contributed by atoms with Gasteiger partial charge in [0.15, 0.2) is 0 Å². The van der Waals surface area contributed by atoms with Crippen molar-refractivity contribution < 1.29 is 4.39 Å². The fourth-order valence-electron chi connectivity index (χ4n) is 0.729. The molecule has 4 heteroatoms. The fourth-order valence-corrected chi connectivity index (χ4v) is 1.64. The molecular formula is C7H6BrClFN. The zero-order valence-corrected chi connectivity index (χ0v) is 8.13. The largest absolute Gasteiger partial charge is 0.397 e. The predicted molar refractivity (Wildman–Crippen MR) is 48.3 cm³/mol. The molecule has 1 aromatic rings. The normalized spacial score (nSPS) is 10.2. The van der Waals surface area contributed by atoms with E-state index in [0.717, 1.165) is 0 Å². The van der Waals surface area contributed by atoms with Crippen molar-refractivity contribution in [1.82, 2.24) is 0 Å². The molecule has 0 aromatic heterocycles. The van der Waals surface area contributed by atoms with Crippen LogP contribution >= 0.6 is 27.5 Å². The number of benzene rings is 1. The first-order valence-electron chi connectivity index (χ1n) is 2.93. The van der Waals surface area contributed by atoms with Gasteiger partial charge in [0.2, 0.25) is 0 Å². The van der Waals surface area contributed by atoms with Gasteiger partial charge in [-0.3, -0.25) is 0 Å². The first-order valence-corrected chi connectivity index (χ1v) is 4.10. The zero-order valence-electron chi connectivity index (χ0n) is 5.79. The summed E-state index contributed by atoms with van der Waals surface area (Å²) in [4.78, 5) is 0. The summed E-state index contributed by atoms with van der Waals surface area (Å²) in [5.74, 6) is -0.355. The van der Waals surface area contributed by atoms with Crippen LogP contribution in [0.15, 0.2) is 10.5 Å². The Morgan fingerprint density at radius 1 is 1.64 bits per heavy atom. The number of hydrogen-bond acceptors (Lipinski definition) is 1. The second-order valence-corrected chi connectivity index (χ2v) is 3.45. The Morgan fingerprint density at radius 2 is 2.18 bits per heavy atom. The van der Waals surface area contributed by atoms with Crippen LogP contribution in [0.3, 0.4) is 0 Å². The maximum Gasteiger partial charge on any atom is 0.142 e. The van der Waals surface area contributed by atoms with Crippen LogP contribution in [0.2, 0.25) is 5.02 Å². The summed E-state index contributed by atoms with van der Waals surface area (Å²) in [6.07, 6.45) is 0. The SMILES string of the molecule is Cc1c(N)c(Cl)cc(Br)c1F. The second kappa shape index (κ2) is 2.99. The van der Waals surface area contributed by atoms with E-state index in [9.17, 15) is 4.39 Å². The van der Waals surface area contributed by atoms with E-state index in [-0.39, 0.29) is 5.82 Å². The second-order valence-electron chi connectivity index (χ2n) is 2.19. The summed E-state index contributed by atoms with van der Waals surface area (Å²) in [6, 6.07) is 1.44. The Kier molecular flexibility index (Phi) is 2.40. The first-order chi connectivity index (χ1) is 5.04. The van der Waals surface area contributed by atoms with Gasteiger partial charge in [-0.05, 0) is 28.9 Å². The Labute approximate surface area is 77.5 Å². The number of nitrogens with two attached hydrogens (primary N) is 1. The summed E-state index contributed by atoms with van der Waals surface area (Å²) in [7, 11) is 0. The van der Waals surface area contributed by atoms with Crippen molar-refractivity contribution in [3.63, 3.8) is 0 Å². The highest BCUT2D eigenvalue weighted by Crippen LogP contribution is 2.30. The summed E-state index contributed by atoms with van der Waals surface area (Å²) >= 11 is 8.69. The first kappa shape index (κ1) is 8.81. The smallest absolute Gasteiger partial charge is 0.142 e. The van der Waals surface area contributed by atoms with Gasteiger partial charge in [-0.2, -0.15) is 0 Å². The van der Waals surface area contributed by atoms with Gasteiger partial charge in [-0.25, -0.2) is 4.39 Å². The average Bonchev–Trinajstić information content (AvgIpc) is 1.97. The highest BCUT2D eigenvalue weighted by atomic mass is 79.9. The van der Waals surface area contributed by atoms with Crippen LogP contribution in [0.5, 0.6) is 0 Å². The topological polar surface area (TPSA) is 26.0 Å². The molecule has 0 saturated carbocycles. The third-order valence-corrected chi connectivity index (χ3v) is 2.34. The lowest BCUT2D eigenvalue weighted by Crippen LogP contribution is -1.94. The standard InChI is InChI=1S/C7H6BrClFN/c1-3-6(10)4(8)2-5(9)7(3)11/h2H,11H2,1H3.